The summed E-state index contributed by atoms with van der Waals surface area (Å²) in [5.41, 5.74) is -1.62. The summed E-state index contributed by atoms with van der Waals surface area (Å²) >= 11 is 0. The molecule has 6 heteroatoms. The van der Waals surface area contributed by atoms with Crippen LogP contribution in [0, 0.1) is 0 Å². The van der Waals surface area contributed by atoms with Gasteiger partial charge >= 0.3 is 5.97 Å². The van der Waals surface area contributed by atoms with E-state index in [4.69, 9.17) is 15.5 Å². The lowest BCUT2D eigenvalue weighted by atomic mass is 9.80. The number of hydrogen-bond acceptors (Lipinski definition) is 4. The Balaban J connectivity index is 2.60. The average molecular weight is 265 g/mol. The fourth-order valence-corrected chi connectivity index (χ4v) is 2.05. The van der Waals surface area contributed by atoms with Crippen LogP contribution in [0.15, 0.2) is 0 Å². The molecular formula is C12H21F2NO3. The Morgan fingerprint density at radius 1 is 1.22 bits per heavy atom. The minimum Gasteiger partial charge on any atom is -0.460 e. The molecule has 0 aromatic rings. The monoisotopic (exact) mass is 265 g/mol. The maximum atomic E-state index is 13.1. The number of carbonyl (C=O) groups excluding carboxylic acids is 1. The first-order chi connectivity index (χ1) is 8.08. The molecule has 0 radical (unpaired) electrons. The Kier molecular flexibility index (Phi) is 4.33. The van der Waals surface area contributed by atoms with Crippen LogP contribution < -0.4 is 5.90 Å². The van der Waals surface area contributed by atoms with Gasteiger partial charge in [-0.05, 0) is 33.6 Å². The Bertz CT molecular complexity index is 303. The number of halogens is 2. The summed E-state index contributed by atoms with van der Waals surface area (Å²) in [6, 6.07) is 0. The van der Waals surface area contributed by atoms with Gasteiger partial charge in [-0.25, -0.2) is 14.7 Å². The molecule has 1 saturated carbocycles. The topological polar surface area (TPSA) is 61.5 Å². The molecule has 0 bridgehead atoms. The van der Waals surface area contributed by atoms with Crippen LogP contribution in [0.4, 0.5) is 8.78 Å². The molecule has 1 aliphatic carbocycles. The van der Waals surface area contributed by atoms with Crippen molar-refractivity contribution in [1.29, 1.82) is 0 Å². The van der Waals surface area contributed by atoms with Crippen molar-refractivity contribution in [2.75, 3.05) is 0 Å². The number of carbonyl (C=O) groups is 1. The maximum Gasteiger partial charge on any atom is 0.309 e. The van der Waals surface area contributed by atoms with Crippen molar-refractivity contribution in [3.05, 3.63) is 0 Å². The third-order valence-corrected chi connectivity index (χ3v) is 3.03. The van der Waals surface area contributed by atoms with E-state index in [0.717, 1.165) is 0 Å². The van der Waals surface area contributed by atoms with Crippen molar-refractivity contribution >= 4 is 5.97 Å². The van der Waals surface area contributed by atoms with E-state index in [9.17, 15) is 13.6 Å². The van der Waals surface area contributed by atoms with E-state index < -0.39 is 23.1 Å². The summed E-state index contributed by atoms with van der Waals surface area (Å²) in [5.74, 6) is 2.03. The summed E-state index contributed by atoms with van der Waals surface area (Å²) in [4.78, 5) is 16.5. The largest absolute Gasteiger partial charge is 0.460 e. The second-order valence-corrected chi connectivity index (χ2v) is 5.92. The molecule has 1 aliphatic rings. The highest BCUT2D eigenvalue weighted by Gasteiger charge is 2.45. The molecule has 0 amide bonds. The van der Waals surface area contributed by atoms with E-state index in [1.807, 2.05) is 0 Å². The van der Waals surface area contributed by atoms with Gasteiger partial charge in [0.25, 0.3) is 0 Å². The molecule has 0 heterocycles. The van der Waals surface area contributed by atoms with E-state index in [1.54, 1.807) is 20.8 Å². The zero-order valence-corrected chi connectivity index (χ0v) is 11.1. The van der Waals surface area contributed by atoms with E-state index in [1.165, 1.54) is 0 Å². The highest BCUT2D eigenvalue weighted by Crippen LogP contribution is 2.41. The summed E-state index contributed by atoms with van der Waals surface area (Å²) in [7, 11) is 0. The third kappa shape index (κ3) is 4.49. The number of alkyl halides is 2. The lowest BCUT2D eigenvalue weighted by molar-refractivity contribution is -0.174. The highest BCUT2D eigenvalue weighted by atomic mass is 19.3. The van der Waals surface area contributed by atoms with E-state index in [-0.39, 0.29) is 32.1 Å². The zero-order valence-electron chi connectivity index (χ0n) is 11.1. The number of rotatable bonds is 3. The van der Waals surface area contributed by atoms with Gasteiger partial charge in [0.05, 0.1) is 6.42 Å². The molecule has 1 rings (SSSR count). The number of esters is 1. The highest BCUT2D eigenvalue weighted by molar-refractivity contribution is 5.71. The van der Waals surface area contributed by atoms with Gasteiger partial charge in [-0.3, -0.25) is 9.63 Å². The number of ether oxygens (including phenoxy) is 1. The predicted molar refractivity (Wildman–Crippen MR) is 61.9 cm³/mol. The first-order valence-electron chi connectivity index (χ1n) is 6.05. The summed E-state index contributed by atoms with van der Waals surface area (Å²) in [6.45, 7) is 5.24. The number of nitrogens with two attached hydrogens (primary N) is 1. The number of hydrogen-bond donors (Lipinski definition) is 1. The molecule has 0 aromatic carbocycles. The van der Waals surface area contributed by atoms with Crippen molar-refractivity contribution < 1.29 is 23.1 Å². The van der Waals surface area contributed by atoms with Crippen LogP contribution in [-0.4, -0.2) is 23.1 Å². The van der Waals surface area contributed by atoms with Gasteiger partial charge < -0.3 is 4.74 Å². The van der Waals surface area contributed by atoms with Crippen LogP contribution in [0.1, 0.15) is 52.9 Å². The first kappa shape index (κ1) is 15.3. The maximum absolute atomic E-state index is 13.1. The second kappa shape index (κ2) is 5.09. The smallest absolute Gasteiger partial charge is 0.309 e. The zero-order chi connectivity index (χ0) is 14.0. The van der Waals surface area contributed by atoms with Gasteiger partial charge in [0, 0.05) is 12.8 Å². The van der Waals surface area contributed by atoms with Crippen LogP contribution in [0.25, 0.3) is 0 Å². The molecule has 0 unspecified atom stereocenters. The van der Waals surface area contributed by atoms with Gasteiger partial charge in [0.1, 0.15) is 11.2 Å². The molecule has 0 aromatic heterocycles. The molecule has 0 saturated heterocycles. The third-order valence-electron chi connectivity index (χ3n) is 3.03. The molecule has 0 spiro atoms. The van der Waals surface area contributed by atoms with Crippen LogP contribution in [0.3, 0.4) is 0 Å². The Labute approximate surface area is 106 Å². The lowest BCUT2D eigenvalue weighted by Gasteiger charge is -2.37. The van der Waals surface area contributed by atoms with Crippen molar-refractivity contribution in [1.82, 2.24) is 0 Å². The van der Waals surface area contributed by atoms with Gasteiger partial charge in [0.15, 0.2) is 0 Å². The van der Waals surface area contributed by atoms with E-state index >= 15 is 0 Å². The van der Waals surface area contributed by atoms with Crippen LogP contribution in [0.2, 0.25) is 0 Å². The first-order valence-corrected chi connectivity index (χ1v) is 6.05. The summed E-state index contributed by atoms with van der Waals surface area (Å²) < 4.78 is 31.3. The van der Waals surface area contributed by atoms with Crippen LogP contribution in [-0.2, 0) is 14.4 Å². The molecule has 106 valence electrons. The fourth-order valence-electron chi connectivity index (χ4n) is 2.05. The normalized spacial score (nSPS) is 22.6. The average Bonchev–Trinajstić information content (AvgIpc) is 2.19. The standard InChI is InChI=1S/C12H21F2NO3/c1-10(2,3)17-9(16)8-11(18-15)4-6-12(13,14)7-5-11/h4-8,15H2,1-3H3. The van der Waals surface area contributed by atoms with Crippen LogP contribution >= 0.6 is 0 Å². The lowest BCUT2D eigenvalue weighted by Crippen LogP contribution is -2.45. The van der Waals surface area contributed by atoms with E-state index in [0.29, 0.717) is 0 Å². The molecule has 0 aliphatic heterocycles. The SMILES string of the molecule is CC(C)(C)OC(=O)CC1(ON)CCC(F)(F)CC1. The molecule has 2 N–H and O–H groups in total. The molecule has 18 heavy (non-hydrogen) atoms. The van der Waals surface area contributed by atoms with Crippen molar-refractivity contribution in [2.45, 2.75) is 70.0 Å². The van der Waals surface area contributed by atoms with Crippen molar-refractivity contribution in [2.24, 2.45) is 5.90 Å². The molecule has 0 atom stereocenters. The minimum atomic E-state index is -2.68. The molecular weight excluding hydrogens is 244 g/mol. The van der Waals surface area contributed by atoms with Gasteiger partial charge in [-0.1, -0.05) is 0 Å². The van der Waals surface area contributed by atoms with Crippen molar-refractivity contribution in [3.8, 4) is 0 Å². The predicted octanol–water partition coefficient (Wildman–Crippen LogP) is 2.56. The summed E-state index contributed by atoms with van der Waals surface area (Å²) in [6.07, 6.45) is -0.581. The van der Waals surface area contributed by atoms with Gasteiger partial charge in [0.2, 0.25) is 5.92 Å². The fraction of sp³-hybridized carbons (Fsp3) is 0.917. The summed E-state index contributed by atoms with van der Waals surface area (Å²) in [5, 5.41) is 0. The Hall–Kier alpha value is -0.750. The van der Waals surface area contributed by atoms with E-state index in [2.05, 4.69) is 0 Å². The van der Waals surface area contributed by atoms with Gasteiger partial charge in [-0.15, -0.1) is 0 Å². The Morgan fingerprint density at radius 2 is 1.72 bits per heavy atom. The molecule has 4 nitrogen and oxygen atoms in total. The molecule has 1 fully saturated rings. The minimum absolute atomic E-state index is 0.0652. The van der Waals surface area contributed by atoms with Crippen molar-refractivity contribution in [3.63, 3.8) is 0 Å². The second-order valence-electron chi connectivity index (χ2n) is 5.92. The Morgan fingerprint density at radius 3 is 2.11 bits per heavy atom. The quantitative estimate of drug-likeness (QED) is 0.629. The van der Waals surface area contributed by atoms with Crippen LogP contribution in [0.5, 0.6) is 0 Å². The van der Waals surface area contributed by atoms with Gasteiger partial charge in [-0.2, -0.15) is 0 Å².